The molecule has 3 heterocycles. The van der Waals surface area contributed by atoms with E-state index in [2.05, 4.69) is 20.1 Å². The summed E-state index contributed by atoms with van der Waals surface area (Å²) in [7, 11) is 2.03. The number of fused-ring (bicyclic) bond motifs is 1. The van der Waals surface area contributed by atoms with Crippen LogP contribution >= 0.6 is 0 Å². The second-order valence-electron chi connectivity index (χ2n) is 8.61. The maximum Gasteiger partial charge on any atom is 0.272 e. The Morgan fingerprint density at radius 2 is 1.91 bits per heavy atom. The maximum atomic E-state index is 14.8. The van der Waals surface area contributed by atoms with E-state index in [1.165, 1.54) is 12.1 Å². The predicted octanol–water partition coefficient (Wildman–Crippen LogP) is 3.47. The van der Waals surface area contributed by atoms with Gasteiger partial charge in [0, 0.05) is 49.0 Å². The number of H-pyrrole nitrogens is 1. The molecule has 1 atom stereocenters. The number of benzene rings is 2. The molecule has 172 valence electrons. The molecule has 0 radical (unpaired) electrons. The first-order valence-electron chi connectivity index (χ1n) is 11.2. The number of nitrogens with zero attached hydrogens (tertiary/aromatic N) is 4. The van der Waals surface area contributed by atoms with Gasteiger partial charge >= 0.3 is 0 Å². The molecule has 0 bridgehead atoms. The third-order valence-corrected chi connectivity index (χ3v) is 6.42. The summed E-state index contributed by atoms with van der Waals surface area (Å²) in [4.78, 5) is 33.4. The Bertz CT molecular complexity index is 1410. The molecule has 2 aromatic carbocycles. The lowest BCUT2D eigenvalue weighted by molar-refractivity contribution is 0.0775. The number of nitrogens with one attached hydrogen (secondary N) is 1. The van der Waals surface area contributed by atoms with Gasteiger partial charge in [0.25, 0.3) is 11.5 Å². The van der Waals surface area contributed by atoms with Crippen LogP contribution in [0.15, 0.2) is 71.8 Å². The van der Waals surface area contributed by atoms with Gasteiger partial charge in [0.05, 0.1) is 16.6 Å². The van der Waals surface area contributed by atoms with Crippen LogP contribution in [0.4, 0.5) is 4.39 Å². The van der Waals surface area contributed by atoms with Crippen molar-refractivity contribution >= 4 is 16.7 Å². The molecule has 1 amide bonds. The smallest absolute Gasteiger partial charge is 0.272 e. The van der Waals surface area contributed by atoms with Crippen LogP contribution in [-0.2, 0) is 6.54 Å². The second kappa shape index (κ2) is 9.15. The molecule has 7 nitrogen and oxygen atoms in total. The normalized spacial score (nSPS) is 15.9. The van der Waals surface area contributed by atoms with E-state index in [4.69, 9.17) is 0 Å². The third-order valence-electron chi connectivity index (χ3n) is 6.42. The number of likely N-dealkylation sites (N-methyl/N-ethyl adjacent to an activating group) is 1. The zero-order chi connectivity index (χ0) is 23.7. The molecular formula is C26H24FN5O2. The largest absolute Gasteiger partial charge is 0.337 e. The van der Waals surface area contributed by atoms with Crippen molar-refractivity contribution in [2.24, 2.45) is 0 Å². The summed E-state index contributed by atoms with van der Waals surface area (Å²) in [5.74, 6) is -0.913. The number of halogens is 1. The number of carbonyl (C=O) groups excluding carboxylic acids is 1. The van der Waals surface area contributed by atoms with Gasteiger partial charge in [-0.2, -0.15) is 5.10 Å². The fourth-order valence-corrected chi connectivity index (χ4v) is 4.53. The van der Waals surface area contributed by atoms with Crippen LogP contribution in [0.1, 0.15) is 22.3 Å². The molecule has 0 aliphatic carbocycles. The number of hydrogen-bond donors (Lipinski definition) is 1. The minimum Gasteiger partial charge on any atom is -0.337 e. The molecule has 1 saturated heterocycles. The molecule has 4 aromatic rings. The highest BCUT2D eigenvalue weighted by Crippen LogP contribution is 2.27. The topological polar surface area (TPSA) is 82.2 Å². The van der Waals surface area contributed by atoms with Crippen LogP contribution < -0.4 is 5.56 Å². The van der Waals surface area contributed by atoms with Crippen molar-refractivity contribution in [2.75, 3.05) is 20.1 Å². The Hall–Kier alpha value is -3.91. The van der Waals surface area contributed by atoms with Gasteiger partial charge < -0.3 is 4.90 Å². The van der Waals surface area contributed by atoms with E-state index in [9.17, 15) is 14.0 Å². The molecule has 34 heavy (non-hydrogen) atoms. The van der Waals surface area contributed by atoms with Crippen molar-refractivity contribution < 1.29 is 9.18 Å². The maximum absolute atomic E-state index is 14.8. The third kappa shape index (κ3) is 4.20. The molecule has 8 heteroatoms. The van der Waals surface area contributed by atoms with Gasteiger partial charge in [-0.3, -0.25) is 19.5 Å². The highest BCUT2D eigenvalue weighted by atomic mass is 19.1. The fraction of sp³-hybridized carbons (Fsp3) is 0.231. The minimum absolute atomic E-state index is 0.00650. The van der Waals surface area contributed by atoms with Crippen LogP contribution in [0.5, 0.6) is 0 Å². The van der Waals surface area contributed by atoms with Crippen molar-refractivity contribution in [2.45, 2.75) is 19.0 Å². The van der Waals surface area contributed by atoms with Gasteiger partial charge in [-0.05, 0) is 55.4 Å². The summed E-state index contributed by atoms with van der Waals surface area (Å²) in [5, 5.41) is 7.82. The molecule has 5 rings (SSSR count). The molecule has 0 unspecified atom stereocenters. The SMILES string of the molecule is CN(Cc1ccncc1)[C@@H]1CCN(C(=O)c2cc(-c3n[nH]c(=O)c4ccccc34)ccc2F)C1. The Morgan fingerprint density at radius 1 is 1.15 bits per heavy atom. The number of aromatic amines is 1. The summed E-state index contributed by atoms with van der Waals surface area (Å²) < 4.78 is 14.8. The number of likely N-dealkylation sites (tertiary alicyclic amines) is 1. The van der Waals surface area contributed by atoms with Crippen LogP contribution in [0.25, 0.3) is 22.0 Å². The lowest BCUT2D eigenvalue weighted by atomic mass is 10.0. The van der Waals surface area contributed by atoms with Gasteiger partial charge in [-0.25, -0.2) is 9.49 Å². The summed E-state index contributed by atoms with van der Waals surface area (Å²) in [5.41, 5.74) is 1.94. The van der Waals surface area contributed by atoms with Crippen molar-refractivity contribution in [3.05, 3.63) is 94.3 Å². The number of hydrogen-bond acceptors (Lipinski definition) is 5. The molecule has 2 aromatic heterocycles. The van der Waals surface area contributed by atoms with Crippen molar-refractivity contribution in [3.8, 4) is 11.3 Å². The predicted molar refractivity (Wildman–Crippen MR) is 128 cm³/mol. The van der Waals surface area contributed by atoms with Crippen LogP contribution in [0, 0.1) is 5.82 Å². The Labute approximate surface area is 195 Å². The highest BCUT2D eigenvalue weighted by molar-refractivity contribution is 5.98. The monoisotopic (exact) mass is 457 g/mol. The summed E-state index contributed by atoms with van der Waals surface area (Å²) in [6.07, 6.45) is 4.36. The first-order valence-corrected chi connectivity index (χ1v) is 11.2. The number of pyridine rings is 1. The van der Waals surface area contributed by atoms with E-state index in [1.54, 1.807) is 41.6 Å². The van der Waals surface area contributed by atoms with Crippen LogP contribution in [0.2, 0.25) is 0 Å². The summed E-state index contributed by atoms with van der Waals surface area (Å²) in [6, 6.07) is 15.6. The Balaban J connectivity index is 1.38. The molecule has 1 fully saturated rings. The molecular weight excluding hydrogens is 433 g/mol. The van der Waals surface area contributed by atoms with Crippen LogP contribution in [0.3, 0.4) is 0 Å². The second-order valence-corrected chi connectivity index (χ2v) is 8.61. The van der Waals surface area contributed by atoms with Gasteiger partial charge in [-0.1, -0.05) is 18.2 Å². The van der Waals surface area contributed by atoms with Crippen molar-refractivity contribution in [1.29, 1.82) is 0 Å². The number of aromatic nitrogens is 3. The highest BCUT2D eigenvalue weighted by Gasteiger charge is 2.30. The minimum atomic E-state index is -0.573. The van der Waals surface area contributed by atoms with Gasteiger partial charge in [-0.15, -0.1) is 0 Å². The van der Waals surface area contributed by atoms with Gasteiger partial charge in [0.1, 0.15) is 5.82 Å². The Kier molecular flexibility index (Phi) is 5.90. The van der Waals surface area contributed by atoms with Crippen molar-refractivity contribution in [3.63, 3.8) is 0 Å². The zero-order valence-electron chi connectivity index (χ0n) is 18.7. The van der Waals surface area contributed by atoms with Crippen LogP contribution in [-0.4, -0.2) is 57.1 Å². The number of carbonyl (C=O) groups is 1. The van der Waals surface area contributed by atoms with Gasteiger partial charge in [0.15, 0.2) is 0 Å². The van der Waals surface area contributed by atoms with E-state index in [0.29, 0.717) is 35.1 Å². The first kappa shape index (κ1) is 21.9. The lowest BCUT2D eigenvalue weighted by Gasteiger charge is -2.25. The standard InChI is InChI=1S/C26H24FN5O2/c1-31(15-17-8-11-28-12-9-17)19-10-13-32(16-19)26(34)22-14-18(6-7-23(22)27)24-20-4-2-3-5-21(20)25(33)30-29-24/h2-9,11-12,14,19H,10,13,15-16H2,1H3,(H,30,33)/t19-/m1/s1. The quantitative estimate of drug-likeness (QED) is 0.496. The molecule has 1 N–H and O–H groups in total. The zero-order valence-corrected chi connectivity index (χ0v) is 18.7. The molecule has 0 spiro atoms. The average molecular weight is 458 g/mol. The van der Waals surface area contributed by atoms with E-state index >= 15 is 0 Å². The fourth-order valence-electron chi connectivity index (χ4n) is 4.53. The summed E-state index contributed by atoms with van der Waals surface area (Å²) >= 11 is 0. The van der Waals surface area contributed by atoms with Gasteiger partial charge in [0.2, 0.25) is 0 Å². The molecule has 1 aliphatic heterocycles. The first-order chi connectivity index (χ1) is 16.5. The number of rotatable bonds is 5. The molecule has 0 saturated carbocycles. The summed E-state index contributed by atoms with van der Waals surface area (Å²) in [6.45, 7) is 1.85. The van der Waals surface area contributed by atoms with E-state index in [0.717, 1.165) is 18.5 Å². The van der Waals surface area contributed by atoms with E-state index in [1.807, 2.05) is 25.2 Å². The lowest BCUT2D eigenvalue weighted by Crippen LogP contribution is -2.36. The average Bonchev–Trinajstić information content (AvgIpc) is 3.36. The van der Waals surface area contributed by atoms with E-state index < -0.39 is 5.82 Å². The molecule has 1 aliphatic rings. The van der Waals surface area contributed by atoms with Crippen molar-refractivity contribution in [1.82, 2.24) is 25.0 Å². The Morgan fingerprint density at radius 3 is 2.71 bits per heavy atom. The number of amides is 1. The van der Waals surface area contributed by atoms with E-state index in [-0.39, 0.29) is 23.1 Å².